The molecular formula is C23H21FN2O5S. The zero-order valence-corrected chi connectivity index (χ0v) is 18.1. The standard InChI is InChI=1S/C23H21FN2O5S/c1-32(28,29)26(15-17-4-2-3-5-20(17)24)19-9-6-16(7-10-19)23(27)25-18-8-11-21-22(14-18)31-13-12-30-21/h2-11,14H,12-13,15H2,1H3,(H,25,27). The molecule has 1 amide bonds. The summed E-state index contributed by atoms with van der Waals surface area (Å²) in [6, 6.07) is 17.2. The topological polar surface area (TPSA) is 84.9 Å². The molecule has 0 unspecified atom stereocenters. The molecule has 3 aromatic rings. The Morgan fingerprint density at radius 3 is 2.38 bits per heavy atom. The summed E-state index contributed by atoms with van der Waals surface area (Å²) in [5.41, 5.74) is 1.45. The Balaban J connectivity index is 1.52. The molecule has 0 radical (unpaired) electrons. The van der Waals surface area contributed by atoms with Gasteiger partial charge in [-0.25, -0.2) is 12.8 Å². The number of carbonyl (C=O) groups excluding carboxylic acids is 1. The van der Waals surface area contributed by atoms with Gasteiger partial charge < -0.3 is 14.8 Å². The van der Waals surface area contributed by atoms with Crippen LogP contribution in [0.3, 0.4) is 0 Å². The fourth-order valence-electron chi connectivity index (χ4n) is 3.28. The Labute approximate surface area is 185 Å². The number of amides is 1. The van der Waals surface area contributed by atoms with Crippen LogP contribution in [0, 0.1) is 5.82 Å². The Morgan fingerprint density at radius 1 is 1.00 bits per heavy atom. The van der Waals surface area contributed by atoms with Crippen LogP contribution in [-0.4, -0.2) is 33.8 Å². The molecule has 7 nitrogen and oxygen atoms in total. The molecule has 0 saturated carbocycles. The van der Waals surface area contributed by atoms with Crippen LogP contribution in [0.25, 0.3) is 0 Å². The van der Waals surface area contributed by atoms with Crippen LogP contribution in [-0.2, 0) is 16.6 Å². The minimum Gasteiger partial charge on any atom is -0.486 e. The van der Waals surface area contributed by atoms with Crippen LogP contribution < -0.4 is 19.1 Å². The SMILES string of the molecule is CS(=O)(=O)N(Cc1ccccc1F)c1ccc(C(=O)Nc2ccc3c(c2)OCCO3)cc1. The maximum Gasteiger partial charge on any atom is 0.255 e. The van der Waals surface area contributed by atoms with Crippen molar-refractivity contribution in [2.75, 3.05) is 29.1 Å². The number of carbonyl (C=O) groups is 1. The highest BCUT2D eigenvalue weighted by atomic mass is 32.2. The molecule has 0 bridgehead atoms. The van der Waals surface area contributed by atoms with Crippen LogP contribution in [0.1, 0.15) is 15.9 Å². The second kappa shape index (κ2) is 8.88. The summed E-state index contributed by atoms with van der Waals surface area (Å²) < 4.78 is 50.8. The smallest absolute Gasteiger partial charge is 0.255 e. The van der Waals surface area contributed by atoms with E-state index in [2.05, 4.69) is 5.32 Å². The van der Waals surface area contributed by atoms with Gasteiger partial charge in [-0.3, -0.25) is 9.10 Å². The zero-order chi connectivity index (χ0) is 22.7. The summed E-state index contributed by atoms with van der Waals surface area (Å²) in [5, 5.41) is 2.78. The van der Waals surface area contributed by atoms with Crippen molar-refractivity contribution in [1.82, 2.24) is 0 Å². The largest absolute Gasteiger partial charge is 0.486 e. The number of benzene rings is 3. The van der Waals surface area contributed by atoms with Gasteiger partial charge in [-0.15, -0.1) is 0 Å². The summed E-state index contributed by atoms with van der Waals surface area (Å²) >= 11 is 0. The van der Waals surface area contributed by atoms with Crippen molar-refractivity contribution in [2.24, 2.45) is 0 Å². The number of sulfonamides is 1. The van der Waals surface area contributed by atoms with Crippen LogP contribution in [0.4, 0.5) is 15.8 Å². The van der Waals surface area contributed by atoms with E-state index >= 15 is 0 Å². The van der Waals surface area contributed by atoms with E-state index in [0.717, 1.165) is 10.6 Å². The van der Waals surface area contributed by atoms with Gasteiger partial charge >= 0.3 is 0 Å². The van der Waals surface area contributed by atoms with Gasteiger partial charge in [0.1, 0.15) is 19.0 Å². The highest BCUT2D eigenvalue weighted by Crippen LogP contribution is 2.32. The lowest BCUT2D eigenvalue weighted by Crippen LogP contribution is -2.29. The van der Waals surface area contributed by atoms with Gasteiger partial charge in [-0.05, 0) is 42.5 Å². The van der Waals surface area contributed by atoms with E-state index in [9.17, 15) is 17.6 Å². The number of hydrogen-bond acceptors (Lipinski definition) is 5. The van der Waals surface area contributed by atoms with Crippen LogP contribution >= 0.6 is 0 Å². The number of nitrogens with zero attached hydrogens (tertiary/aromatic N) is 1. The molecule has 9 heteroatoms. The summed E-state index contributed by atoms with van der Waals surface area (Å²) in [6.07, 6.45) is 1.05. The number of hydrogen-bond donors (Lipinski definition) is 1. The number of fused-ring (bicyclic) bond motifs is 1. The van der Waals surface area contributed by atoms with Crippen LogP contribution in [0.5, 0.6) is 11.5 Å². The monoisotopic (exact) mass is 456 g/mol. The van der Waals surface area contributed by atoms with E-state index in [4.69, 9.17) is 9.47 Å². The molecule has 0 aromatic heterocycles. The lowest BCUT2D eigenvalue weighted by Gasteiger charge is -2.23. The van der Waals surface area contributed by atoms with Gasteiger partial charge in [-0.1, -0.05) is 18.2 Å². The molecule has 1 aliphatic heterocycles. The lowest BCUT2D eigenvalue weighted by atomic mass is 10.1. The van der Waals surface area contributed by atoms with Gasteiger partial charge in [0.2, 0.25) is 10.0 Å². The van der Waals surface area contributed by atoms with Gasteiger partial charge in [-0.2, -0.15) is 0 Å². The Bertz CT molecular complexity index is 1250. The third-order valence-electron chi connectivity index (χ3n) is 4.89. The Kier molecular flexibility index (Phi) is 6.00. The van der Waals surface area contributed by atoms with Crippen molar-refractivity contribution < 1.29 is 27.1 Å². The summed E-state index contributed by atoms with van der Waals surface area (Å²) in [7, 11) is -3.68. The fourth-order valence-corrected chi connectivity index (χ4v) is 4.16. The van der Waals surface area contributed by atoms with Crippen molar-refractivity contribution in [1.29, 1.82) is 0 Å². The van der Waals surface area contributed by atoms with Gasteiger partial charge in [0.25, 0.3) is 5.91 Å². The van der Waals surface area contributed by atoms with E-state index in [1.807, 2.05) is 0 Å². The lowest BCUT2D eigenvalue weighted by molar-refractivity contribution is 0.102. The minimum atomic E-state index is -3.68. The quantitative estimate of drug-likeness (QED) is 0.610. The second-order valence-electron chi connectivity index (χ2n) is 7.22. The fraction of sp³-hybridized carbons (Fsp3) is 0.174. The highest BCUT2D eigenvalue weighted by Gasteiger charge is 2.20. The van der Waals surface area contributed by atoms with Crippen molar-refractivity contribution in [3.05, 3.63) is 83.7 Å². The molecule has 0 atom stereocenters. The first-order valence-electron chi connectivity index (χ1n) is 9.83. The first-order valence-corrected chi connectivity index (χ1v) is 11.7. The molecule has 0 aliphatic carbocycles. The third-order valence-corrected chi connectivity index (χ3v) is 6.03. The highest BCUT2D eigenvalue weighted by molar-refractivity contribution is 7.92. The summed E-state index contributed by atoms with van der Waals surface area (Å²) in [5.74, 6) is 0.320. The maximum absolute atomic E-state index is 14.0. The average Bonchev–Trinajstić information content (AvgIpc) is 2.78. The molecule has 1 heterocycles. The first-order chi connectivity index (χ1) is 15.3. The minimum absolute atomic E-state index is 0.158. The predicted octanol–water partition coefficient (Wildman–Crippen LogP) is 3.82. The zero-order valence-electron chi connectivity index (χ0n) is 17.2. The van der Waals surface area contributed by atoms with E-state index in [1.165, 1.54) is 36.4 Å². The molecule has 1 N–H and O–H groups in total. The summed E-state index contributed by atoms with van der Waals surface area (Å²) in [6.45, 7) is 0.760. The van der Waals surface area contributed by atoms with Crippen molar-refractivity contribution in [3.8, 4) is 11.5 Å². The van der Waals surface area contributed by atoms with E-state index in [-0.39, 0.29) is 18.0 Å². The van der Waals surface area contributed by atoms with Crippen LogP contribution in [0.2, 0.25) is 0 Å². The molecule has 0 fully saturated rings. The number of ether oxygens (including phenoxy) is 2. The molecule has 0 spiro atoms. The van der Waals surface area contributed by atoms with Gasteiger partial charge in [0.15, 0.2) is 11.5 Å². The van der Waals surface area contributed by atoms with E-state index < -0.39 is 15.8 Å². The third kappa shape index (κ3) is 4.83. The number of anilines is 2. The molecular weight excluding hydrogens is 435 g/mol. The number of nitrogens with one attached hydrogen (secondary N) is 1. The summed E-state index contributed by atoms with van der Waals surface area (Å²) in [4.78, 5) is 12.6. The normalized spacial score (nSPS) is 12.8. The van der Waals surface area contributed by atoms with Gasteiger partial charge in [0.05, 0.1) is 18.5 Å². The average molecular weight is 456 g/mol. The van der Waals surface area contributed by atoms with Crippen molar-refractivity contribution >= 4 is 27.3 Å². The number of rotatable bonds is 6. The molecule has 3 aromatic carbocycles. The number of halogens is 1. The molecule has 4 rings (SSSR count). The van der Waals surface area contributed by atoms with E-state index in [1.54, 1.807) is 30.3 Å². The predicted molar refractivity (Wildman–Crippen MR) is 119 cm³/mol. The maximum atomic E-state index is 14.0. The van der Waals surface area contributed by atoms with Crippen molar-refractivity contribution in [2.45, 2.75) is 6.54 Å². The molecule has 0 saturated heterocycles. The first kappa shape index (κ1) is 21.6. The Morgan fingerprint density at radius 2 is 1.69 bits per heavy atom. The van der Waals surface area contributed by atoms with Gasteiger partial charge in [0, 0.05) is 22.9 Å². The van der Waals surface area contributed by atoms with Crippen LogP contribution in [0.15, 0.2) is 66.7 Å². The second-order valence-corrected chi connectivity index (χ2v) is 9.13. The Hall–Kier alpha value is -3.59. The molecule has 166 valence electrons. The van der Waals surface area contributed by atoms with E-state index in [0.29, 0.717) is 41.7 Å². The molecule has 32 heavy (non-hydrogen) atoms. The molecule has 1 aliphatic rings. The van der Waals surface area contributed by atoms with Crippen molar-refractivity contribution in [3.63, 3.8) is 0 Å².